The summed E-state index contributed by atoms with van der Waals surface area (Å²) in [5.74, 6) is 1.41. The van der Waals surface area contributed by atoms with Crippen molar-refractivity contribution in [1.82, 2.24) is 0 Å². The van der Waals surface area contributed by atoms with Gasteiger partial charge in [0, 0.05) is 5.56 Å². The Kier molecular flexibility index (Phi) is 6.53. The van der Waals surface area contributed by atoms with Gasteiger partial charge in [-0.2, -0.15) is 0 Å². The molecule has 1 aliphatic heterocycles. The van der Waals surface area contributed by atoms with Crippen molar-refractivity contribution in [3.8, 4) is 11.5 Å². The van der Waals surface area contributed by atoms with Crippen LogP contribution in [-0.2, 0) is 4.79 Å². The van der Waals surface area contributed by atoms with Crippen molar-refractivity contribution in [3.63, 3.8) is 0 Å². The minimum absolute atomic E-state index is 0.126. The molecular formula is C21H21NO3S2. The molecule has 140 valence electrons. The number of hydrogen-bond acceptors (Lipinski definition) is 5. The van der Waals surface area contributed by atoms with E-state index in [0.717, 1.165) is 29.2 Å². The third kappa shape index (κ3) is 4.51. The summed E-state index contributed by atoms with van der Waals surface area (Å²) in [4.78, 5) is 15.1. The first-order valence-corrected chi connectivity index (χ1v) is 10.1. The van der Waals surface area contributed by atoms with Crippen LogP contribution < -0.4 is 14.4 Å². The van der Waals surface area contributed by atoms with E-state index in [4.69, 9.17) is 21.7 Å². The largest absolute Gasteiger partial charge is 0.494 e. The van der Waals surface area contributed by atoms with Crippen LogP contribution in [0.2, 0.25) is 0 Å². The molecule has 2 aromatic rings. The molecule has 6 heteroatoms. The summed E-state index contributed by atoms with van der Waals surface area (Å²) in [7, 11) is 0. The van der Waals surface area contributed by atoms with Crippen LogP contribution >= 0.6 is 24.0 Å². The van der Waals surface area contributed by atoms with Crippen LogP contribution in [0.4, 0.5) is 5.69 Å². The average Bonchev–Trinajstić information content (AvgIpc) is 2.95. The molecule has 1 fully saturated rings. The summed E-state index contributed by atoms with van der Waals surface area (Å²) in [6, 6.07) is 15.1. The van der Waals surface area contributed by atoms with Crippen molar-refractivity contribution in [2.45, 2.75) is 20.3 Å². The lowest BCUT2D eigenvalue weighted by atomic mass is 10.2. The number of thioether (sulfide) groups is 1. The van der Waals surface area contributed by atoms with Gasteiger partial charge in [0.1, 0.15) is 11.5 Å². The van der Waals surface area contributed by atoms with Crippen LogP contribution in [0.15, 0.2) is 53.4 Å². The number of nitrogens with zero attached hydrogens (tertiary/aromatic N) is 1. The van der Waals surface area contributed by atoms with E-state index in [1.807, 2.05) is 61.5 Å². The van der Waals surface area contributed by atoms with Gasteiger partial charge in [-0.1, -0.05) is 49.1 Å². The van der Waals surface area contributed by atoms with E-state index >= 15 is 0 Å². The van der Waals surface area contributed by atoms with Gasteiger partial charge in [0.05, 0.1) is 23.8 Å². The Morgan fingerprint density at radius 1 is 1.07 bits per heavy atom. The van der Waals surface area contributed by atoms with Gasteiger partial charge in [-0.25, -0.2) is 0 Å². The molecule has 0 atom stereocenters. The molecular weight excluding hydrogens is 378 g/mol. The SMILES string of the molecule is CCCOc1ccccc1/C=C1/SC(=S)N(c2ccc(OCC)cc2)C1=O. The fraction of sp³-hybridized carbons (Fsp3) is 0.238. The molecule has 0 radical (unpaired) electrons. The van der Waals surface area contributed by atoms with Gasteiger partial charge < -0.3 is 9.47 Å². The fourth-order valence-corrected chi connectivity index (χ4v) is 3.92. The molecule has 0 unspecified atom stereocenters. The highest BCUT2D eigenvalue weighted by molar-refractivity contribution is 8.27. The van der Waals surface area contributed by atoms with Gasteiger partial charge in [-0.05, 0) is 49.8 Å². The summed E-state index contributed by atoms with van der Waals surface area (Å²) in [5.41, 5.74) is 1.61. The molecule has 1 saturated heterocycles. The molecule has 0 aliphatic carbocycles. The van der Waals surface area contributed by atoms with Gasteiger partial charge in [-0.15, -0.1) is 0 Å². The number of carbonyl (C=O) groups is 1. The Balaban J connectivity index is 1.85. The monoisotopic (exact) mass is 399 g/mol. The van der Waals surface area contributed by atoms with Crippen LogP contribution in [0.5, 0.6) is 11.5 Å². The van der Waals surface area contributed by atoms with E-state index in [9.17, 15) is 4.79 Å². The van der Waals surface area contributed by atoms with E-state index in [0.29, 0.717) is 22.4 Å². The lowest BCUT2D eigenvalue weighted by molar-refractivity contribution is -0.113. The zero-order chi connectivity index (χ0) is 19.2. The predicted octanol–water partition coefficient (Wildman–Crippen LogP) is 5.28. The maximum Gasteiger partial charge on any atom is 0.270 e. The summed E-state index contributed by atoms with van der Waals surface area (Å²) in [6.45, 7) is 5.23. The molecule has 0 bridgehead atoms. The summed E-state index contributed by atoms with van der Waals surface area (Å²) >= 11 is 6.75. The highest BCUT2D eigenvalue weighted by Gasteiger charge is 2.33. The Hall–Kier alpha value is -2.31. The van der Waals surface area contributed by atoms with Gasteiger partial charge in [0.25, 0.3) is 5.91 Å². The zero-order valence-corrected chi connectivity index (χ0v) is 16.9. The Labute approximate surface area is 169 Å². The minimum atomic E-state index is -0.126. The van der Waals surface area contributed by atoms with Crippen molar-refractivity contribution in [2.75, 3.05) is 18.1 Å². The maximum absolute atomic E-state index is 12.9. The van der Waals surface area contributed by atoms with E-state index in [1.165, 1.54) is 11.8 Å². The van der Waals surface area contributed by atoms with Crippen molar-refractivity contribution in [1.29, 1.82) is 0 Å². The third-order valence-electron chi connectivity index (χ3n) is 3.87. The number of carbonyl (C=O) groups excluding carboxylic acids is 1. The van der Waals surface area contributed by atoms with Crippen molar-refractivity contribution < 1.29 is 14.3 Å². The first-order chi connectivity index (χ1) is 13.1. The molecule has 1 heterocycles. The van der Waals surface area contributed by atoms with Crippen LogP contribution in [0.25, 0.3) is 6.08 Å². The van der Waals surface area contributed by atoms with Crippen molar-refractivity contribution in [2.24, 2.45) is 0 Å². The first-order valence-electron chi connectivity index (χ1n) is 8.86. The lowest BCUT2D eigenvalue weighted by Crippen LogP contribution is -2.27. The number of thiocarbonyl (C=S) groups is 1. The maximum atomic E-state index is 12.9. The first kappa shape index (κ1) is 19.5. The summed E-state index contributed by atoms with van der Waals surface area (Å²) in [6.07, 6.45) is 2.77. The number of hydrogen-bond donors (Lipinski definition) is 0. The Bertz CT molecular complexity index is 862. The quantitative estimate of drug-likeness (QED) is 0.468. The van der Waals surface area contributed by atoms with E-state index < -0.39 is 0 Å². The second kappa shape index (κ2) is 9.06. The van der Waals surface area contributed by atoms with Gasteiger partial charge in [-0.3, -0.25) is 9.69 Å². The molecule has 1 aliphatic rings. The van der Waals surface area contributed by atoms with Gasteiger partial charge in [0.15, 0.2) is 4.32 Å². The minimum Gasteiger partial charge on any atom is -0.494 e. The average molecular weight is 400 g/mol. The van der Waals surface area contributed by atoms with E-state index in [2.05, 4.69) is 6.92 Å². The standard InChI is InChI=1S/C21H21NO3S2/c1-3-13-25-18-8-6-5-7-15(18)14-19-20(23)22(21(26)27-19)16-9-11-17(12-10-16)24-4-2/h5-12,14H,3-4,13H2,1-2H3/b19-14+. The molecule has 2 aromatic carbocycles. The van der Waals surface area contributed by atoms with Crippen LogP contribution in [0.1, 0.15) is 25.8 Å². The van der Waals surface area contributed by atoms with Gasteiger partial charge >= 0.3 is 0 Å². The molecule has 4 nitrogen and oxygen atoms in total. The second-order valence-corrected chi connectivity index (χ2v) is 7.51. The number of benzene rings is 2. The molecule has 1 amide bonds. The van der Waals surface area contributed by atoms with Crippen LogP contribution in [-0.4, -0.2) is 23.4 Å². The molecule has 0 aromatic heterocycles. The normalized spacial score (nSPS) is 15.5. The highest BCUT2D eigenvalue weighted by atomic mass is 32.2. The number of amides is 1. The third-order valence-corrected chi connectivity index (χ3v) is 5.17. The molecule has 0 spiro atoms. The van der Waals surface area contributed by atoms with E-state index in [1.54, 1.807) is 4.90 Å². The number of ether oxygens (including phenoxy) is 2. The lowest BCUT2D eigenvalue weighted by Gasteiger charge is -2.15. The Morgan fingerprint density at radius 2 is 1.81 bits per heavy atom. The highest BCUT2D eigenvalue weighted by Crippen LogP contribution is 2.37. The van der Waals surface area contributed by atoms with Crippen LogP contribution in [0, 0.1) is 0 Å². The fourth-order valence-electron chi connectivity index (χ4n) is 2.63. The topological polar surface area (TPSA) is 38.8 Å². The van der Waals surface area contributed by atoms with Crippen LogP contribution in [0.3, 0.4) is 0 Å². The molecule has 0 N–H and O–H groups in total. The second-order valence-electron chi connectivity index (χ2n) is 5.83. The van der Waals surface area contributed by atoms with Crippen molar-refractivity contribution in [3.05, 3.63) is 59.0 Å². The predicted molar refractivity (Wildman–Crippen MR) is 115 cm³/mol. The molecule has 3 rings (SSSR count). The van der Waals surface area contributed by atoms with E-state index in [-0.39, 0.29) is 5.91 Å². The smallest absolute Gasteiger partial charge is 0.270 e. The molecule has 0 saturated carbocycles. The molecule has 27 heavy (non-hydrogen) atoms. The number of para-hydroxylation sites is 1. The summed E-state index contributed by atoms with van der Waals surface area (Å²) < 4.78 is 11.8. The Morgan fingerprint density at radius 3 is 2.52 bits per heavy atom. The van der Waals surface area contributed by atoms with Gasteiger partial charge in [0.2, 0.25) is 0 Å². The summed E-state index contributed by atoms with van der Waals surface area (Å²) in [5, 5.41) is 0. The van der Waals surface area contributed by atoms with Crippen molar-refractivity contribution >= 4 is 46.0 Å². The zero-order valence-electron chi connectivity index (χ0n) is 15.3. The number of rotatable bonds is 7. The number of anilines is 1.